The van der Waals surface area contributed by atoms with E-state index in [-0.39, 0.29) is 12.5 Å². The van der Waals surface area contributed by atoms with Gasteiger partial charge in [-0.25, -0.2) is 0 Å². The van der Waals surface area contributed by atoms with Gasteiger partial charge in [0.1, 0.15) is 6.54 Å². The van der Waals surface area contributed by atoms with Crippen LogP contribution in [0, 0.1) is 6.92 Å². The summed E-state index contributed by atoms with van der Waals surface area (Å²) in [4.78, 5) is 11.6. The van der Waals surface area contributed by atoms with Gasteiger partial charge in [-0.3, -0.25) is 9.48 Å². The third-order valence-electron chi connectivity index (χ3n) is 2.33. The van der Waals surface area contributed by atoms with E-state index in [1.54, 1.807) is 10.9 Å². The van der Waals surface area contributed by atoms with Gasteiger partial charge in [0.2, 0.25) is 5.91 Å². The maximum Gasteiger partial charge on any atom is 0.241 e. The van der Waals surface area contributed by atoms with Gasteiger partial charge in [0.15, 0.2) is 0 Å². The molecule has 0 aliphatic heterocycles. The number of halogens is 1. The molecule has 6 heteroatoms. The summed E-state index contributed by atoms with van der Waals surface area (Å²) in [6.07, 6.45) is 2.53. The van der Waals surface area contributed by atoms with Crippen molar-refractivity contribution in [2.45, 2.75) is 26.8 Å². The van der Waals surface area contributed by atoms with Crippen molar-refractivity contribution in [3.8, 4) is 0 Å². The number of nitrogens with one attached hydrogen (secondary N) is 1. The molecule has 1 aromatic heterocycles. The molecule has 1 aromatic rings. The molecule has 1 amide bonds. The van der Waals surface area contributed by atoms with Crippen molar-refractivity contribution in [3.05, 3.63) is 16.4 Å². The predicted octanol–water partition coefficient (Wildman–Crippen LogP) is 1.50. The lowest BCUT2D eigenvalue weighted by Gasteiger charge is -2.06. The minimum atomic E-state index is -0.0276. The molecule has 0 saturated heterocycles. The summed E-state index contributed by atoms with van der Waals surface area (Å²) in [6.45, 7) is 6.17. The minimum absolute atomic E-state index is 0.0276. The highest BCUT2D eigenvalue weighted by Crippen LogP contribution is 2.13. The van der Waals surface area contributed by atoms with Crippen LogP contribution < -0.4 is 5.32 Å². The minimum Gasteiger partial charge on any atom is -0.382 e. The molecule has 0 spiro atoms. The van der Waals surface area contributed by atoms with Gasteiger partial charge in [-0.2, -0.15) is 5.10 Å². The number of carbonyl (C=O) groups is 1. The van der Waals surface area contributed by atoms with Gasteiger partial charge in [-0.05, 0) is 36.2 Å². The number of nitrogens with zero attached hydrogens (tertiary/aromatic N) is 2. The Balaban J connectivity index is 2.23. The van der Waals surface area contributed by atoms with E-state index in [0.29, 0.717) is 19.8 Å². The van der Waals surface area contributed by atoms with Gasteiger partial charge < -0.3 is 10.1 Å². The van der Waals surface area contributed by atoms with Crippen LogP contribution in [0.15, 0.2) is 10.7 Å². The first-order valence-electron chi connectivity index (χ1n) is 5.67. The molecule has 1 N–H and O–H groups in total. The molecular formula is C11H18BrN3O2. The Morgan fingerprint density at radius 1 is 1.65 bits per heavy atom. The highest BCUT2D eigenvalue weighted by molar-refractivity contribution is 9.10. The van der Waals surface area contributed by atoms with E-state index in [1.165, 1.54) is 0 Å². The van der Waals surface area contributed by atoms with Crippen molar-refractivity contribution >= 4 is 21.8 Å². The van der Waals surface area contributed by atoms with Crippen LogP contribution in [-0.4, -0.2) is 35.4 Å². The smallest absolute Gasteiger partial charge is 0.241 e. The Morgan fingerprint density at radius 3 is 3.00 bits per heavy atom. The normalized spacial score (nSPS) is 10.5. The van der Waals surface area contributed by atoms with E-state index >= 15 is 0 Å². The monoisotopic (exact) mass is 303 g/mol. The second kappa shape index (κ2) is 7.45. The van der Waals surface area contributed by atoms with Gasteiger partial charge in [0.05, 0.1) is 16.4 Å². The molecule has 0 bridgehead atoms. The number of carbonyl (C=O) groups excluding carboxylic acids is 1. The number of hydrogen-bond donors (Lipinski definition) is 1. The second-order valence-corrected chi connectivity index (χ2v) is 4.49. The lowest BCUT2D eigenvalue weighted by Crippen LogP contribution is -2.29. The van der Waals surface area contributed by atoms with Gasteiger partial charge >= 0.3 is 0 Å². The Bertz CT molecular complexity index is 366. The van der Waals surface area contributed by atoms with Crippen LogP contribution >= 0.6 is 15.9 Å². The van der Waals surface area contributed by atoms with E-state index in [2.05, 4.69) is 26.3 Å². The maximum absolute atomic E-state index is 11.6. The predicted molar refractivity (Wildman–Crippen MR) is 68.8 cm³/mol. The van der Waals surface area contributed by atoms with Crippen molar-refractivity contribution < 1.29 is 9.53 Å². The molecule has 0 saturated carbocycles. The second-order valence-electron chi connectivity index (χ2n) is 3.64. The third-order valence-corrected chi connectivity index (χ3v) is 3.11. The lowest BCUT2D eigenvalue weighted by atomic mass is 10.4. The molecule has 96 valence electrons. The van der Waals surface area contributed by atoms with Gasteiger partial charge in [-0.15, -0.1) is 0 Å². The average Bonchev–Trinajstić information content (AvgIpc) is 2.61. The molecule has 5 nitrogen and oxygen atoms in total. The number of hydrogen-bond acceptors (Lipinski definition) is 3. The summed E-state index contributed by atoms with van der Waals surface area (Å²) in [5, 5.41) is 6.93. The molecule has 0 aliphatic carbocycles. The van der Waals surface area contributed by atoms with E-state index in [4.69, 9.17) is 4.74 Å². The SMILES string of the molecule is CCOCCCNC(=O)Cn1ncc(Br)c1C. The Hall–Kier alpha value is -0.880. The largest absolute Gasteiger partial charge is 0.382 e. The zero-order chi connectivity index (χ0) is 12.7. The standard InChI is InChI=1S/C11H18BrN3O2/c1-3-17-6-4-5-13-11(16)8-15-9(2)10(12)7-14-15/h7H,3-6,8H2,1-2H3,(H,13,16). The van der Waals surface area contributed by atoms with E-state index in [0.717, 1.165) is 16.6 Å². The fourth-order valence-corrected chi connectivity index (χ4v) is 1.62. The van der Waals surface area contributed by atoms with Gasteiger partial charge in [-0.1, -0.05) is 0 Å². The molecule has 0 aliphatic rings. The van der Waals surface area contributed by atoms with Crippen molar-refractivity contribution in [1.29, 1.82) is 0 Å². The van der Waals surface area contributed by atoms with E-state index in [9.17, 15) is 4.79 Å². The number of ether oxygens (including phenoxy) is 1. The summed E-state index contributed by atoms with van der Waals surface area (Å²) in [7, 11) is 0. The number of aromatic nitrogens is 2. The van der Waals surface area contributed by atoms with E-state index in [1.807, 2.05) is 13.8 Å². The maximum atomic E-state index is 11.6. The molecule has 0 unspecified atom stereocenters. The van der Waals surface area contributed by atoms with Crippen LogP contribution in [0.25, 0.3) is 0 Å². The Morgan fingerprint density at radius 2 is 2.41 bits per heavy atom. The summed E-state index contributed by atoms with van der Waals surface area (Å²) in [6, 6.07) is 0. The van der Waals surface area contributed by atoms with Crippen LogP contribution in [0.4, 0.5) is 0 Å². The number of amides is 1. The quantitative estimate of drug-likeness (QED) is 0.777. The summed E-state index contributed by atoms with van der Waals surface area (Å²) >= 11 is 3.36. The van der Waals surface area contributed by atoms with Crippen molar-refractivity contribution in [2.24, 2.45) is 0 Å². The van der Waals surface area contributed by atoms with Crippen LogP contribution in [0.2, 0.25) is 0 Å². The summed E-state index contributed by atoms with van der Waals surface area (Å²) in [5.41, 5.74) is 0.953. The van der Waals surface area contributed by atoms with Crippen LogP contribution in [-0.2, 0) is 16.1 Å². The third kappa shape index (κ3) is 4.87. The lowest BCUT2D eigenvalue weighted by molar-refractivity contribution is -0.121. The van der Waals surface area contributed by atoms with Crippen LogP contribution in [0.1, 0.15) is 19.0 Å². The fraction of sp³-hybridized carbons (Fsp3) is 0.636. The molecule has 0 aromatic carbocycles. The molecule has 1 rings (SSSR count). The first-order valence-corrected chi connectivity index (χ1v) is 6.46. The highest BCUT2D eigenvalue weighted by Gasteiger charge is 2.07. The zero-order valence-corrected chi connectivity index (χ0v) is 11.8. The summed E-state index contributed by atoms with van der Waals surface area (Å²) in [5.74, 6) is -0.0276. The summed E-state index contributed by atoms with van der Waals surface area (Å²) < 4.78 is 7.77. The molecule has 17 heavy (non-hydrogen) atoms. The zero-order valence-electron chi connectivity index (χ0n) is 10.2. The van der Waals surface area contributed by atoms with Crippen molar-refractivity contribution in [3.63, 3.8) is 0 Å². The highest BCUT2D eigenvalue weighted by atomic mass is 79.9. The molecule has 1 heterocycles. The molecule has 0 radical (unpaired) electrons. The van der Waals surface area contributed by atoms with Crippen molar-refractivity contribution in [1.82, 2.24) is 15.1 Å². The topological polar surface area (TPSA) is 56.1 Å². The average molecular weight is 304 g/mol. The van der Waals surface area contributed by atoms with Crippen molar-refractivity contribution in [2.75, 3.05) is 19.8 Å². The number of rotatable bonds is 7. The van der Waals surface area contributed by atoms with Gasteiger partial charge in [0.25, 0.3) is 0 Å². The molecule has 0 atom stereocenters. The van der Waals surface area contributed by atoms with Crippen LogP contribution in [0.3, 0.4) is 0 Å². The van der Waals surface area contributed by atoms with E-state index < -0.39 is 0 Å². The first-order chi connectivity index (χ1) is 8.15. The van der Waals surface area contributed by atoms with Gasteiger partial charge in [0, 0.05) is 19.8 Å². The first kappa shape index (κ1) is 14.2. The molecule has 0 fully saturated rings. The van der Waals surface area contributed by atoms with Crippen LogP contribution in [0.5, 0.6) is 0 Å². The molecular weight excluding hydrogens is 286 g/mol. The Labute approximate surface area is 110 Å². The Kier molecular flexibility index (Phi) is 6.21. The fourth-order valence-electron chi connectivity index (χ4n) is 1.32.